The van der Waals surface area contributed by atoms with Gasteiger partial charge in [-0.1, -0.05) is 12.8 Å². The molecule has 0 bridgehead atoms. The van der Waals surface area contributed by atoms with E-state index in [1.807, 2.05) is 12.1 Å². The number of aliphatic imine (C=N–C) groups is 1. The van der Waals surface area contributed by atoms with Crippen molar-refractivity contribution in [3.8, 4) is 0 Å². The van der Waals surface area contributed by atoms with Gasteiger partial charge in [0.2, 0.25) is 0 Å². The summed E-state index contributed by atoms with van der Waals surface area (Å²) >= 11 is 0. The van der Waals surface area contributed by atoms with Gasteiger partial charge in [-0.15, -0.1) is 24.0 Å². The molecule has 2 fully saturated rings. The molecule has 26 heavy (non-hydrogen) atoms. The first-order valence-electron chi connectivity index (χ1n) is 9.77. The monoisotopic (exact) mass is 476 g/mol. The molecule has 7 heteroatoms. The van der Waals surface area contributed by atoms with Gasteiger partial charge in [0.15, 0.2) is 5.96 Å². The van der Waals surface area contributed by atoms with E-state index in [1.165, 1.54) is 25.7 Å². The van der Waals surface area contributed by atoms with Gasteiger partial charge in [0.1, 0.15) is 5.76 Å². The number of furan rings is 1. The van der Waals surface area contributed by atoms with E-state index < -0.39 is 0 Å². The lowest BCUT2D eigenvalue weighted by atomic mass is 10.2. The van der Waals surface area contributed by atoms with Crippen molar-refractivity contribution in [2.24, 2.45) is 4.99 Å². The Labute approximate surface area is 174 Å². The van der Waals surface area contributed by atoms with Gasteiger partial charge in [-0.2, -0.15) is 0 Å². The third-order valence-electron chi connectivity index (χ3n) is 4.95. The van der Waals surface area contributed by atoms with Crippen LogP contribution < -0.4 is 10.6 Å². The van der Waals surface area contributed by atoms with Crippen LogP contribution in [-0.4, -0.2) is 62.8 Å². The average molecular weight is 476 g/mol. The molecule has 0 spiro atoms. The average Bonchev–Trinajstić information content (AvgIpc) is 3.33. The van der Waals surface area contributed by atoms with Crippen molar-refractivity contribution in [3.05, 3.63) is 24.2 Å². The van der Waals surface area contributed by atoms with Crippen LogP contribution in [0.15, 0.2) is 27.8 Å². The molecule has 1 saturated heterocycles. The maximum atomic E-state index is 5.40. The second kappa shape index (κ2) is 12.6. The second-order valence-corrected chi connectivity index (χ2v) is 6.92. The fourth-order valence-corrected chi connectivity index (χ4v) is 3.48. The standard InChI is InChI=1S/C19H32N4O2.HI/c1-2-6-17(5-1)22-19(21-10-8-18-7-3-14-25-18)20-9-4-11-23-12-15-24-16-13-23;/h3,7,14,17H,1-2,4-6,8-13,15-16H2,(H2,20,21,22);1H. The van der Waals surface area contributed by atoms with E-state index in [4.69, 9.17) is 14.1 Å². The van der Waals surface area contributed by atoms with Crippen LogP contribution in [0.1, 0.15) is 37.9 Å². The molecule has 0 unspecified atom stereocenters. The number of halogens is 1. The quantitative estimate of drug-likeness (QED) is 0.262. The summed E-state index contributed by atoms with van der Waals surface area (Å²) < 4.78 is 10.8. The third-order valence-corrected chi connectivity index (χ3v) is 4.95. The van der Waals surface area contributed by atoms with Gasteiger partial charge < -0.3 is 19.8 Å². The van der Waals surface area contributed by atoms with Crippen LogP contribution in [0.3, 0.4) is 0 Å². The molecular formula is C19H33IN4O2. The summed E-state index contributed by atoms with van der Waals surface area (Å²) in [5.41, 5.74) is 0. The minimum Gasteiger partial charge on any atom is -0.469 e. The SMILES string of the molecule is I.c1coc(CCNC(=NCCCN2CCOCC2)NC2CCCC2)c1. The van der Waals surface area contributed by atoms with E-state index in [1.54, 1.807) is 6.26 Å². The van der Waals surface area contributed by atoms with Gasteiger partial charge in [0, 0.05) is 45.2 Å². The number of nitrogens with one attached hydrogen (secondary N) is 2. The predicted molar refractivity (Wildman–Crippen MR) is 115 cm³/mol. The second-order valence-electron chi connectivity index (χ2n) is 6.92. The van der Waals surface area contributed by atoms with E-state index in [-0.39, 0.29) is 24.0 Å². The smallest absolute Gasteiger partial charge is 0.191 e. The first kappa shape index (κ1) is 21.5. The largest absolute Gasteiger partial charge is 0.469 e. The van der Waals surface area contributed by atoms with Crippen LogP contribution in [-0.2, 0) is 11.2 Å². The molecule has 0 atom stereocenters. The Morgan fingerprint density at radius 3 is 2.77 bits per heavy atom. The highest BCUT2D eigenvalue weighted by Crippen LogP contribution is 2.17. The van der Waals surface area contributed by atoms with E-state index in [9.17, 15) is 0 Å². The minimum absolute atomic E-state index is 0. The minimum atomic E-state index is 0. The Kier molecular flexibility index (Phi) is 10.4. The molecule has 0 amide bonds. The summed E-state index contributed by atoms with van der Waals surface area (Å²) in [6, 6.07) is 4.53. The van der Waals surface area contributed by atoms with Crippen molar-refractivity contribution < 1.29 is 9.15 Å². The van der Waals surface area contributed by atoms with Crippen LogP contribution in [0, 0.1) is 0 Å². The van der Waals surface area contributed by atoms with Crippen molar-refractivity contribution >= 4 is 29.9 Å². The fourth-order valence-electron chi connectivity index (χ4n) is 3.48. The van der Waals surface area contributed by atoms with Gasteiger partial charge in [-0.3, -0.25) is 9.89 Å². The fraction of sp³-hybridized carbons (Fsp3) is 0.737. The zero-order valence-corrected chi connectivity index (χ0v) is 18.0. The molecule has 1 aliphatic carbocycles. The lowest BCUT2D eigenvalue weighted by Gasteiger charge is -2.26. The lowest BCUT2D eigenvalue weighted by molar-refractivity contribution is 0.0377. The Hall–Kier alpha value is -0.800. The highest BCUT2D eigenvalue weighted by Gasteiger charge is 2.16. The Balaban J connectivity index is 0.00000243. The Morgan fingerprint density at radius 2 is 2.04 bits per heavy atom. The normalized spacial score (nSPS) is 19.3. The van der Waals surface area contributed by atoms with Crippen molar-refractivity contribution in [1.29, 1.82) is 0 Å². The maximum Gasteiger partial charge on any atom is 0.191 e. The van der Waals surface area contributed by atoms with Crippen LogP contribution in [0.4, 0.5) is 0 Å². The number of hydrogen-bond donors (Lipinski definition) is 2. The number of hydrogen-bond acceptors (Lipinski definition) is 4. The Bertz CT molecular complexity index is 498. The lowest BCUT2D eigenvalue weighted by Crippen LogP contribution is -2.43. The van der Waals surface area contributed by atoms with Crippen LogP contribution >= 0.6 is 24.0 Å². The number of nitrogens with zero attached hydrogens (tertiary/aromatic N) is 2. The molecule has 6 nitrogen and oxygen atoms in total. The van der Waals surface area contributed by atoms with Crippen molar-refractivity contribution in [2.45, 2.75) is 44.6 Å². The van der Waals surface area contributed by atoms with Crippen molar-refractivity contribution in [1.82, 2.24) is 15.5 Å². The molecule has 3 rings (SSSR count). The van der Waals surface area contributed by atoms with Crippen LogP contribution in [0.5, 0.6) is 0 Å². The molecule has 1 aromatic rings. The van der Waals surface area contributed by atoms with E-state index in [0.29, 0.717) is 6.04 Å². The Morgan fingerprint density at radius 1 is 1.23 bits per heavy atom. The zero-order valence-electron chi connectivity index (χ0n) is 15.6. The van der Waals surface area contributed by atoms with Crippen LogP contribution in [0.2, 0.25) is 0 Å². The first-order valence-corrected chi connectivity index (χ1v) is 9.77. The highest BCUT2D eigenvalue weighted by atomic mass is 127. The third kappa shape index (κ3) is 7.84. The summed E-state index contributed by atoms with van der Waals surface area (Å²) in [6.45, 7) is 6.65. The molecular weight excluding hydrogens is 443 g/mol. The van der Waals surface area contributed by atoms with E-state index >= 15 is 0 Å². The predicted octanol–water partition coefficient (Wildman–Crippen LogP) is 2.64. The topological polar surface area (TPSA) is 62.0 Å². The number of rotatable bonds is 8. The molecule has 1 saturated carbocycles. The summed E-state index contributed by atoms with van der Waals surface area (Å²) in [6.07, 6.45) is 8.87. The maximum absolute atomic E-state index is 5.40. The molecule has 0 radical (unpaired) electrons. The van der Waals surface area contributed by atoms with Gasteiger partial charge in [-0.05, 0) is 31.4 Å². The number of guanidine groups is 1. The van der Waals surface area contributed by atoms with Gasteiger partial charge in [-0.25, -0.2) is 0 Å². The molecule has 2 aliphatic rings. The van der Waals surface area contributed by atoms with Crippen LogP contribution in [0.25, 0.3) is 0 Å². The molecule has 148 valence electrons. The highest BCUT2D eigenvalue weighted by molar-refractivity contribution is 14.0. The van der Waals surface area contributed by atoms with Crippen molar-refractivity contribution in [3.63, 3.8) is 0 Å². The number of ether oxygens (including phenoxy) is 1. The molecule has 1 aliphatic heterocycles. The first-order chi connectivity index (χ1) is 12.4. The zero-order chi connectivity index (χ0) is 17.2. The van der Waals surface area contributed by atoms with E-state index in [2.05, 4.69) is 15.5 Å². The van der Waals surface area contributed by atoms with Gasteiger partial charge in [0.05, 0.1) is 19.5 Å². The molecule has 1 aromatic heterocycles. The number of morpholine rings is 1. The van der Waals surface area contributed by atoms with Gasteiger partial charge >= 0.3 is 0 Å². The van der Waals surface area contributed by atoms with Gasteiger partial charge in [0.25, 0.3) is 0 Å². The summed E-state index contributed by atoms with van der Waals surface area (Å²) in [4.78, 5) is 7.26. The molecule has 2 N–H and O–H groups in total. The summed E-state index contributed by atoms with van der Waals surface area (Å²) in [5, 5.41) is 7.08. The van der Waals surface area contributed by atoms with E-state index in [0.717, 1.165) is 70.5 Å². The molecule has 0 aromatic carbocycles. The summed E-state index contributed by atoms with van der Waals surface area (Å²) in [7, 11) is 0. The summed E-state index contributed by atoms with van der Waals surface area (Å²) in [5.74, 6) is 1.97. The molecule has 2 heterocycles. The van der Waals surface area contributed by atoms with Crippen molar-refractivity contribution in [2.75, 3.05) is 45.9 Å².